The molecule has 0 unspecified atom stereocenters. The van der Waals surface area contributed by atoms with E-state index in [4.69, 9.17) is 0 Å². The van der Waals surface area contributed by atoms with Gasteiger partial charge in [-0.1, -0.05) is 6.92 Å². The van der Waals surface area contributed by atoms with Gasteiger partial charge >= 0.3 is 0 Å². The smallest absolute Gasteiger partial charge is 0.255 e. The number of carbonyl (C=O) groups excluding carboxylic acids is 1. The van der Waals surface area contributed by atoms with E-state index < -0.39 is 10.0 Å². The highest BCUT2D eigenvalue weighted by Gasteiger charge is 2.18. The van der Waals surface area contributed by atoms with E-state index in [2.05, 4.69) is 27.0 Å². The van der Waals surface area contributed by atoms with E-state index in [1.54, 1.807) is 6.20 Å². The molecule has 0 saturated carbocycles. The van der Waals surface area contributed by atoms with E-state index in [9.17, 15) is 13.2 Å². The number of amides is 1. The summed E-state index contributed by atoms with van der Waals surface area (Å²) in [6.45, 7) is 7.16. The molecule has 1 aromatic carbocycles. The van der Waals surface area contributed by atoms with Crippen molar-refractivity contribution in [3.05, 3.63) is 48.2 Å². The number of anilines is 2. The minimum atomic E-state index is -3.52. The van der Waals surface area contributed by atoms with Crippen molar-refractivity contribution in [2.45, 2.75) is 11.8 Å². The van der Waals surface area contributed by atoms with Crippen LogP contribution in [-0.2, 0) is 10.0 Å². The van der Waals surface area contributed by atoms with Crippen LogP contribution in [0.4, 0.5) is 11.5 Å². The number of sulfonamides is 1. The van der Waals surface area contributed by atoms with Crippen LogP contribution in [-0.4, -0.2) is 75.3 Å². The number of rotatable bonds is 6. The Morgan fingerprint density at radius 2 is 1.72 bits per heavy atom. The molecule has 0 spiro atoms. The first-order chi connectivity index (χ1) is 13.8. The highest BCUT2D eigenvalue weighted by Crippen LogP contribution is 2.18. The van der Waals surface area contributed by atoms with Crippen molar-refractivity contribution < 1.29 is 13.2 Å². The second-order valence-corrected chi connectivity index (χ2v) is 9.24. The Labute approximate surface area is 172 Å². The van der Waals surface area contributed by atoms with Crippen LogP contribution in [0.5, 0.6) is 0 Å². The molecule has 1 N–H and O–H groups in total. The van der Waals surface area contributed by atoms with Gasteiger partial charge < -0.3 is 15.1 Å². The van der Waals surface area contributed by atoms with Crippen molar-refractivity contribution in [2.24, 2.45) is 0 Å². The van der Waals surface area contributed by atoms with Gasteiger partial charge in [0, 0.05) is 45.8 Å². The number of aromatic nitrogens is 1. The SMILES string of the molecule is CCN1CCN(c2ccc(NC(=O)c3ccc(S(=O)(=O)N(C)C)cc3)cn2)CC1. The summed E-state index contributed by atoms with van der Waals surface area (Å²) in [6.07, 6.45) is 1.64. The largest absolute Gasteiger partial charge is 0.354 e. The van der Waals surface area contributed by atoms with E-state index >= 15 is 0 Å². The molecule has 1 aliphatic rings. The Bertz CT molecular complexity index is 935. The lowest BCUT2D eigenvalue weighted by atomic mass is 10.2. The number of pyridine rings is 1. The third-order valence-corrected chi connectivity index (χ3v) is 6.87. The summed E-state index contributed by atoms with van der Waals surface area (Å²) < 4.78 is 25.4. The van der Waals surface area contributed by atoms with Gasteiger partial charge in [-0.25, -0.2) is 17.7 Å². The Balaban J connectivity index is 1.62. The Hall–Kier alpha value is -2.49. The van der Waals surface area contributed by atoms with Gasteiger partial charge in [0.25, 0.3) is 5.91 Å². The van der Waals surface area contributed by atoms with E-state index in [-0.39, 0.29) is 10.8 Å². The molecular formula is C20H27N5O3S. The Morgan fingerprint density at radius 1 is 1.07 bits per heavy atom. The number of hydrogen-bond donors (Lipinski definition) is 1. The van der Waals surface area contributed by atoms with Crippen LogP contribution in [0.3, 0.4) is 0 Å². The molecule has 8 nitrogen and oxygen atoms in total. The molecular weight excluding hydrogens is 390 g/mol. The first-order valence-electron chi connectivity index (χ1n) is 9.58. The highest BCUT2D eigenvalue weighted by atomic mass is 32.2. The number of piperazine rings is 1. The molecule has 29 heavy (non-hydrogen) atoms. The fourth-order valence-corrected chi connectivity index (χ4v) is 4.03. The molecule has 156 valence electrons. The second kappa shape index (κ2) is 8.89. The predicted octanol–water partition coefficient (Wildman–Crippen LogP) is 1.73. The summed E-state index contributed by atoms with van der Waals surface area (Å²) >= 11 is 0. The fraction of sp³-hybridized carbons (Fsp3) is 0.400. The number of likely N-dealkylation sites (N-methyl/N-ethyl adjacent to an activating group) is 1. The van der Waals surface area contributed by atoms with Crippen LogP contribution in [0.25, 0.3) is 0 Å². The van der Waals surface area contributed by atoms with Crippen molar-refractivity contribution in [2.75, 3.05) is 57.0 Å². The Kier molecular flexibility index (Phi) is 6.51. The zero-order chi connectivity index (χ0) is 21.0. The fourth-order valence-electron chi connectivity index (χ4n) is 3.13. The molecule has 0 aliphatic carbocycles. The van der Waals surface area contributed by atoms with E-state index in [1.165, 1.54) is 38.4 Å². The molecule has 2 heterocycles. The van der Waals surface area contributed by atoms with E-state index in [0.717, 1.165) is 42.8 Å². The summed E-state index contributed by atoms with van der Waals surface area (Å²) in [6, 6.07) is 9.60. The molecule has 1 aromatic heterocycles. The van der Waals surface area contributed by atoms with Crippen LogP contribution in [0.15, 0.2) is 47.5 Å². The predicted molar refractivity (Wildman–Crippen MR) is 114 cm³/mol. The van der Waals surface area contributed by atoms with Gasteiger partial charge in [-0.2, -0.15) is 0 Å². The summed E-state index contributed by atoms with van der Waals surface area (Å²) in [5.74, 6) is 0.585. The van der Waals surface area contributed by atoms with Crippen LogP contribution in [0, 0.1) is 0 Å². The average molecular weight is 418 g/mol. The maximum Gasteiger partial charge on any atom is 0.255 e. The van der Waals surface area contributed by atoms with Gasteiger partial charge in [-0.05, 0) is 42.9 Å². The quantitative estimate of drug-likeness (QED) is 0.770. The number of benzene rings is 1. The molecule has 1 saturated heterocycles. The topological polar surface area (TPSA) is 85.8 Å². The summed E-state index contributed by atoms with van der Waals surface area (Å²) in [5, 5.41) is 2.80. The van der Waals surface area contributed by atoms with Gasteiger partial charge in [0.2, 0.25) is 10.0 Å². The summed E-state index contributed by atoms with van der Waals surface area (Å²) in [4.78, 5) is 21.7. The highest BCUT2D eigenvalue weighted by molar-refractivity contribution is 7.89. The van der Waals surface area contributed by atoms with Crippen molar-refractivity contribution in [3.63, 3.8) is 0 Å². The van der Waals surface area contributed by atoms with Gasteiger partial charge in [0.15, 0.2) is 0 Å². The van der Waals surface area contributed by atoms with Gasteiger partial charge in [0.1, 0.15) is 5.82 Å². The molecule has 0 radical (unpaired) electrons. The molecule has 1 aliphatic heterocycles. The van der Waals surface area contributed by atoms with Crippen molar-refractivity contribution >= 4 is 27.4 Å². The number of carbonyl (C=O) groups is 1. The van der Waals surface area contributed by atoms with Crippen molar-refractivity contribution in [3.8, 4) is 0 Å². The van der Waals surface area contributed by atoms with Gasteiger partial charge in [-0.3, -0.25) is 4.79 Å². The van der Waals surface area contributed by atoms with Crippen LogP contribution < -0.4 is 10.2 Å². The molecule has 0 bridgehead atoms. The average Bonchev–Trinajstić information content (AvgIpc) is 2.74. The Morgan fingerprint density at radius 3 is 2.24 bits per heavy atom. The first-order valence-corrected chi connectivity index (χ1v) is 11.0. The normalized spacial score (nSPS) is 15.5. The molecule has 0 atom stereocenters. The van der Waals surface area contributed by atoms with Crippen molar-refractivity contribution in [1.82, 2.24) is 14.2 Å². The lowest BCUT2D eigenvalue weighted by Crippen LogP contribution is -2.46. The monoisotopic (exact) mass is 417 g/mol. The van der Waals surface area contributed by atoms with Gasteiger partial charge in [0.05, 0.1) is 16.8 Å². The van der Waals surface area contributed by atoms with E-state index in [0.29, 0.717) is 11.3 Å². The second-order valence-electron chi connectivity index (χ2n) is 7.09. The van der Waals surface area contributed by atoms with Crippen LogP contribution in [0.1, 0.15) is 17.3 Å². The van der Waals surface area contributed by atoms with Crippen LogP contribution >= 0.6 is 0 Å². The zero-order valence-corrected chi connectivity index (χ0v) is 17.8. The molecule has 3 rings (SSSR count). The third kappa shape index (κ3) is 4.92. The van der Waals surface area contributed by atoms with E-state index in [1.807, 2.05) is 12.1 Å². The number of hydrogen-bond acceptors (Lipinski definition) is 6. The standard InChI is InChI=1S/C20H27N5O3S/c1-4-24-11-13-25(14-12-24)19-10-7-17(15-21-19)22-20(26)16-5-8-18(9-6-16)29(27,28)23(2)3/h5-10,15H,4,11-14H2,1-3H3,(H,22,26). The number of nitrogens with zero attached hydrogens (tertiary/aromatic N) is 4. The molecule has 1 fully saturated rings. The minimum Gasteiger partial charge on any atom is -0.354 e. The third-order valence-electron chi connectivity index (χ3n) is 5.04. The van der Waals surface area contributed by atoms with Crippen molar-refractivity contribution in [1.29, 1.82) is 0 Å². The maximum absolute atomic E-state index is 12.5. The summed E-state index contributed by atoms with van der Waals surface area (Å²) in [7, 11) is -0.578. The first kappa shape index (κ1) is 21.2. The summed E-state index contributed by atoms with van der Waals surface area (Å²) in [5.41, 5.74) is 0.971. The lowest BCUT2D eigenvalue weighted by molar-refractivity contribution is 0.102. The minimum absolute atomic E-state index is 0.147. The van der Waals surface area contributed by atoms with Crippen LogP contribution in [0.2, 0.25) is 0 Å². The maximum atomic E-state index is 12.5. The molecule has 1 amide bonds. The molecule has 2 aromatic rings. The number of nitrogens with one attached hydrogen (secondary N) is 1. The lowest BCUT2D eigenvalue weighted by Gasteiger charge is -2.34. The molecule has 9 heteroatoms. The van der Waals surface area contributed by atoms with Gasteiger partial charge in [-0.15, -0.1) is 0 Å². The zero-order valence-electron chi connectivity index (χ0n) is 17.0.